The summed E-state index contributed by atoms with van der Waals surface area (Å²) in [6.45, 7) is 4.23. The molecule has 0 radical (unpaired) electrons. The highest BCUT2D eigenvalue weighted by atomic mass is 79.9. The third-order valence-electron chi connectivity index (χ3n) is 3.14. The third kappa shape index (κ3) is 4.65. The van der Waals surface area contributed by atoms with Gasteiger partial charge in [-0.2, -0.15) is 0 Å². The minimum atomic E-state index is -0.501. The molecular formula is C15H19BrN2O2. The molecule has 1 unspecified atom stereocenters. The van der Waals surface area contributed by atoms with Gasteiger partial charge in [0.1, 0.15) is 5.75 Å². The molecular weight excluding hydrogens is 320 g/mol. The van der Waals surface area contributed by atoms with Gasteiger partial charge in [0.15, 0.2) is 6.10 Å². The fourth-order valence-corrected chi connectivity index (χ4v) is 2.21. The first kappa shape index (κ1) is 15.1. The lowest BCUT2D eigenvalue weighted by molar-refractivity contribution is -0.127. The van der Waals surface area contributed by atoms with Crippen LogP contribution in [0.2, 0.25) is 0 Å². The van der Waals surface area contributed by atoms with Gasteiger partial charge in [0.05, 0.1) is 0 Å². The van der Waals surface area contributed by atoms with Crippen molar-refractivity contribution in [3.8, 4) is 5.75 Å². The van der Waals surface area contributed by atoms with Gasteiger partial charge in [-0.1, -0.05) is 27.6 Å². The monoisotopic (exact) mass is 338 g/mol. The standard InChI is InChI=1S/C15H19BrN2O2/c1-11(20-14-4-2-13(16)3-5-14)15(19)18-10-12-6-8-17-9-7-12/h2-6,11,17H,7-10H2,1H3,(H,18,19). The molecule has 0 aliphatic carbocycles. The lowest BCUT2D eigenvalue weighted by Crippen LogP contribution is -2.38. The van der Waals surface area contributed by atoms with Crippen LogP contribution in [0, 0.1) is 0 Å². The molecule has 2 N–H and O–H groups in total. The number of amides is 1. The summed E-state index contributed by atoms with van der Waals surface area (Å²) in [5, 5.41) is 6.16. The zero-order chi connectivity index (χ0) is 14.4. The second-order valence-corrected chi connectivity index (χ2v) is 5.66. The van der Waals surface area contributed by atoms with E-state index >= 15 is 0 Å². The zero-order valence-electron chi connectivity index (χ0n) is 11.5. The van der Waals surface area contributed by atoms with Crippen LogP contribution in [0.15, 0.2) is 40.4 Å². The van der Waals surface area contributed by atoms with E-state index in [-0.39, 0.29) is 5.91 Å². The van der Waals surface area contributed by atoms with E-state index in [9.17, 15) is 4.79 Å². The molecule has 1 aliphatic rings. The van der Waals surface area contributed by atoms with E-state index in [1.165, 1.54) is 5.57 Å². The second kappa shape index (κ2) is 7.45. The molecule has 4 nitrogen and oxygen atoms in total. The number of carbonyl (C=O) groups excluding carboxylic acids is 1. The fourth-order valence-electron chi connectivity index (χ4n) is 1.95. The van der Waals surface area contributed by atoms with E-state index in [1.807, 2.05) is 24.3 Å². The highest BCUT2D eigenvalue weighted by Gasteiger charge is 2.15. The Morgan fingerprint density at radius 1 is 1.45 bits per heavy atom. The number of ether oxygens (including phenoxy) is 1. The average Bonchev–Trinajstić information content (AvgIpc) is 2.48. The Morgan fingerprint density at radius 2 is 2.20 bits per heavy atom. The number of rotatable bonds is 5. The first-order valence-corrected chi connectivity index (χ1v) is 7.53. The predicted molar refractivity (Wildman–Crippen MR) is 82.8 cm³/mol. The Bertz CT molecular complexity index is 485. The first-order chi connectivity index (χ1) is 9.65. The van der Waals surface area contributed by atoms with Crippen LogP contribution in [0.25, 0.3) is 0 Å². The maximum Gasteiger partial charge on any atom is 0.261 e. The maximum absolute atomic E-state index is 12.0. The Kier molecular flexibility index (Phi) is 5.61. The molecule has 0 bridgehead atoms. The van der Waals surface area contributed by atoms with Crippen LogP contribution < -0.4 is 15.4 Å². The highest BCUT2D eigenvalue weighted by Crippen LogP contribution is 2.17. The van der Waals surface area contributed by atoms with Crippen LogP contribution in [0.1, 0.15) is 13.3 Å². The molecule has 1 aromatic carbocycles. The van der Waals surface area contributed by atoms with Gasteiger partial charge >= 0.3 is 0 Å². The average molecular weight is 339 g/mol. The summed E-state index contributed by atoms with van der Waals surface area (Å²) in [5.41, 5.74) is 1.27. The smallest absolute Gasteiger partial charge is 0.261 e. The van der Waals surface area contributed by atoms with Crippen molar-refractivity contribution in [3.05, 3.63) is 40.4 Å². The van der Waals surface area contributed by atoms with Gasteiger partial charge in [-0.3, -0.25) is 4.79 Å². The molecule has 1 atom stereocenters. The largest absolute Gasteiger partial charge is 0.481 e. The third-order valence-corrected chi connectivity index (χ3v) is 3.67. The topological polar surface area (TPSA) is 50.4 Å². The summed E-state index contributed by atoms with van der Waals surface area (Å²) in [7, 11) is 0. The van der Waals surface area contributed by atoms with E-state index in [0.29, 0.717) is 12.3 Å². The van der Waals surface area contributed by atoms with Crippen molar-refractivity contribution in [1.82, 2.24) is 10.6 Å². The Labute approximate surface area is 127 Å². The van der Waals surface area contributed by atoms with E-state index < -0.39 is 6.10 Å². The molecule has 1 amide bonds. The van der Waals surface area contributed by atoms with Crippen molar-refractivity contribution < 1.29 is 9.53 Å². The molecule has 1 heterocycles. The number of hydrogen-bond acceptors (Lipinski definition) is 3. The van der Waals surface area contributed by atoms with Crippen LogP contribution in [-0.4, -0.2) is 31.6 Å². The quantitative estimate of drug-likeness (QED) is 0.809. The Hall–Kier alpha value is -1.33. The number of benzene rings is 1. The van der Waals surface area contributed by atoms with Gasteiger partial charge in [-0.15, -0.1) is 0 Å². The molecule has 0 saturated carbocycles. The van der Waals surface area contributed by atoms with Gasteiger partial charge < -0.3 is 15.4 Å². The second-order valence-electron chi connectivity index (χ2n) is 4.75. The molecule has 108 valence electrons. The minimum absolute atomic E-state index is 0.0904. The van der Waals surface area contributed by atoms with Crippen LogP contribution in [0.5, 0.6) is 5.75 Å². The van der Waals surface area contributed by atoms with Crippen molar-refractivity contribution in [3.63, 3.8) is 0 Å². The number of carbonyl (C=O) groups is 1. The van der Waals surface area contributed by atoms with E-state index in [0.717, 1.165) is 24.0 Å². The van der Waals surface area contributed by atoms with Crippen LogP contribution in [0.3, 0.4) is 0 Å². The normalized spacial score (nSPS) is 16.2. The Balaban J connectivity index is 1.79. The maximum atomic E-state index is 12.0. The van der Waals surface area contributed by atoms with Crippen LogP contribution in [0.4, 0.5) is 0 Å². The number of halogens is 1. The number of nitrogens with one attached hydrogen (secondary N) is 2. The van der Waals surface area contributed by atoms with E-state index in [4.69, 9.17) is 4.74 Å². The highest BCUT2D eigenvalue weighted by molar-refractivity contribution is 9.10. The van der Waals surface area contributed by atoms with Crippen LogP contribution in [-0.2, 0) is 4.79 Å². The van der Waals surface area contributed by atoms with E-state index in [2.05, 4.69) is 32.6 Å². The number of hydrogen-bond donors (Lipinski definition) is 2. The summed E-state index contributed by atoms with van der Waals surface area (Å²) in [4.78, 5) is 12.0. The lowest BCUT2D eigenvalue weighted by atomic mass is 10.1. The van der Waals surface area contributed by atoms with Gasteiger partial charge in [0.2, 0.25) is 0 Å². The molecule has 2 rings (SSSR count). The summed E-state index contributed by atoms with van der Waals surface area (Å²) in [5.74, 6) is 0.601. The lowest BCUT2D eigenvalue weighted by Gasteiger charge is -2.17. The molecule has 0 aromatic heterocycles. The minimum Gasteiger partial charge on any atom is -0.481 e. The summed E-state index contributed by atoms with van der Waals surface area (Å²) >= 11 is 3.36. The molecule has 0 spiro atoms. The zero-order valence-corrected chi connectivity index (χ0v) is 13.1. The van der Waals surface area contributed by atoms with Gasteiger partial charge in [-0.25, -0.2) is 0 Å². The first-order valence-electron chi connectivity index (χ1n) is 6.74. The summed E-state index contributed by atoms with van der Waals surface area (Å²) in [6.07, 6.45) is 2.62. The predicted octanol–water partition coefficient (Wildman–Crippen LogP) is 2.25. The Morgan fingerprint density at radius 3 is 2.85 bits per heavy atom. The molecule has 0 fully saturated rings. The van der Waals surface area contributed by atoms with Gasteiger partial charge in [0.25, 0.3) is 5.91 Å². The van der Waals surface area contributed by atoms with Crippen molar-refractivity contribution in [2.75, 3.05) is 19.6 Å². The van der Waals surface area contributed by atoms with Crippen molar-refractivity contribution in [2.24, 2.45) is 0 Å². The van der Waals surface area contributed by atoms with Crippen LogP contribution >= 0.6 is 15.9 Å². The van der Waals surface area contributed by atoms with E-state index in [1.54, 1.807) is 6.92 Å². The van der Waals surface area contributed by atoms with Crippen molar-refractivity contribution >= 4 is 21.8 Å². The fraction of sp³-hybridized carbons (Fsp3) is 0.400. The molecule has 20 heavy (non-hydrogen) atoms. The molecule has 5 heteroatoms. The van der Waals surface area contributed by atoms with Crippen molar-refractivity contribution in [2.45, 2.75) is 19.4 Å². The molecule has 0 saturated heterocycles. The van der Waals surface area contributed by atoms with Gasteiger partial charge in [0, 0.05) is 17.6 Å². The molecule has 1 aromatic rings. The summed E-state index contributed by atoms with van der Waals surface area (Å²) < 4.78 is 6.59. The summed E-state index contributed by atoms with van der Waals surface area (Å²) in [6, 6.07) is 7.45. The van der Waals surface area contributed by atoms with Crippen molar-refractivity contribution in [1.29, 1.82) is 0 Å². The molecule has 1 aliphatic heterocycles. The SMILES string of the molecule is CC(Oc1ccc(Br)cc1)C(=O)NCC1=CCNCC1. The van der Waals surface area contributed by atoms with Gasteiger partial charge in [-0.05, 0) is 44.2 Å².